The summed E-state index contributed by atoms with van der Waals surface area (Å²) in [6, 6.07) is 7.36. The van der Waals surface area contributed by atoms with Crippen LogP contribution in [0.1, 0.15) is 53.5 Å². The van der Waals surface area contributed by atoms with Crippen molar-refractivity contribution in [2.75, 3.05) is 0 Å². The lowest BCUT2D eigenvalue weighted by Crippen LogP contribution is -2.17. The molecule has 1 atom stereocenters. The molecule has 4 heteroatoms. The topological polar surface area (TPSA) is 34.9 Å². The highest BCUT2D eigenvalue weighted by molar-refractivity contribution is 6.30. The molecule has 0 N–H and O–H groups in total. The Balaban J connectivity index is 2.26. The van der Waals surface area contributed by atoms with Gasteiger partial charge < -0.3 is 0 Å². The van der Waals surface area contributed by atoms with Crippen LogP contribution in [0.25, 0.3) is 0 Å². The third-order valence-corrected chi connectivity index (χ3v) is 4.21. The van der Waals surface area contributed by atoms with E-state index in [0.29, 0.717) is 17.4 Å². The van der Waals surface area contributed by atoms with Crippen LogP contribution in [0, 0.1) is 13.8 Å². The van der Waals surface area contributed by atoms with Gasteiger partial charge >= 0.3 is 0 Å². The van der Waals surface area contributed by atoms with Crippen molar-refractivity contribution in [1.82, 2.24) is 9.78 Å². The first kappa shape index (κ1) is 15.8. The SMILES string of the molecule is CCC(C)c1c(C)nn(C(=O)Cc2ccc(Cl)cc2)c1C. The van der Waals surface area contributed by atoms with Crippen molar-refractivity contribution in [3.8, 4) is 0 Å². The fraction of sp³-hybridized carbons (Fsp3) is 0.412. The third-order valence-electron chi connectivity index (χ3n) is 3.96. The molecular formula is C17H21ClN2O. The molecule has 0 fully saturated rings. The van der Waals surface area contributed by atoms with E-state index in [1.807, 2.05) is 26.0 Å². The molecule has 0 aliphatic heterocycles. The number of aromatic nitrogens is 2. The van der Waals surface area contributed by atoms with Gasteiger partial charge in [-0.25, -0.2) is 4.68 Å². The number of halogens is 1. The minimum atomic E-state index is -0.00697. The molecule has 1 heterocycles. The molecule has 21 heavy (non-hydrogen) atoms. The second-order valence-corrected chi connectivity index (χ2v) is 5.94. The molecular weight excluding hydrogens is 284 g/mol. The summed E-state index contributed by atoms with van der Waals surface area (Å²) in [5.41, 5.74) is 4.05. The lowest BCUT2D eigenvalue weighted by Gasteiger charge is -2.09. The van der Waals surface area contributed by atoms with Crippen LogP contribution in [-0.2, 0) is 6.42 Å². The molecule has 2 aromatic rings. The Labute approximate surface area is 130 Å². The predicted octanol–water partition coefficient (Wildman–Crippen LogP) is 4.55. The molecule has 112 valence electrons. The average molecular weight is 305 g/mol. The molecule has 0 saturated carbocycles. The van der Waals surface area contributed by atoms with Crippen molar-refractivity contribution in [1.29, 1.82) is 0 Å². The van der Waals surface area contributed by atoms with E-state index < -0.39 is 0 Å². The van der Waals surface area contributed by atoms with E-state index >= 15 is 0 Å². The number of carbonyl (C=O) groups is 1. The zero-order valence-electron chi connectivity index (χ0n) is 13.0. The summed E-state index contributed by atoms with van der Waals surface area (Å²) in [5, 5.41) is 5.11. The highest BCUT2D eigenvalue weighted by atomic mass is 35.5. The van der Waals surface area contributed by atoms with Crippen LogP contribution in [0.15, 0.2) is 24.3 Å². The number of benzene rings is 1. The first-order valence-electron chi connectivity index (χ1n) is 7.27. The lowest BCUT2D eigenvalue weighted by atomic mass is 9.97. The summed E-state index contributed by atoms with van der Waals surface area (Å²) < 4.78 is 1.55. The highest BCUT2D eigenvalue weighted by Crippen LogP contribution is 2.25. The minimum Gasteiger partial charge on any atom is -0.272 e. The Kier molecular flexibility index (Phi) is 4.84. The van der Waals surface area contributed by atoms with Gasteiger partial charge in [0.25, 0.3) is 5.91 Å². The second-order valence-electron chi connectivity index (χ2n) is 5.50. The van der Waals surface area contributed by atoms with E-state index in [1.54, 1.807) is 16.8 Å². The lowest BCUT2D eigenvalue weighted by molar-refractivity contribution is 0.0895. The highest BCUT2D eigenvalue weighted by Gasteiger charge is 2.19. The number of nitrogens with zero attached hydrogens (tertiary/aromatic N) is 2. The van der Waals surface area contributed by atoms with E-state index in [9.17, 15) is 4.79 Å². The monoisotopic (exact) mass is 304 g/mol. The molecule has 0 amide bonds. The van der Waals surface area contributed by atoms with Gasteiger partial charge in [-0.05, 0) is 49.4 Å². The molecule has 0 spiro atoms. The zero-order valence-corrected chi connectivity index (χ0v) is 13.7. The Hall–Kier alpha value is -1.61. The number of carbonyl (C=O) groups excluding carboxylic acids is 1. The van der Waals surface area contributed by atoms with Gasteiger partial charge in [0, 0.05) is 10.7 Å². The first-order valence-corrected chi connectivity index (χ1v) is 7.65. The van der Waals surface area contributed by atoms with Gasteiger partial charge in [-0.15, -0.1) is 0 Å². The van der Waals surface area contributed by atoms with E-state index in [-0.39, 0.29) is 5.91 Å². The minimum absolute atomic E-state index is 0.00697. The summed E-state index contributed by atoms with van der Waals surface area (Å²) in [7, 11) is 0. The molecule has 0 saturated heterocycles. The van der Waals surface area contributed by atoms with Crippen LogP contribution in [0.5, 0.6) is 0 Å². The van der Waals surface area contributed by atoms with Gasteiger partial charge in [0.15, 0.2) is 0 Å². The first-order chi connectivity index (χ1) is 9.93. The number of hydrogen-bond donors (Lipinski definition) is 0. The maximum Gasteiger partial charge on any atom is 0.251 e. The Morgan fingerprint density at radius 2 is 1.90 bits per heavy atom. The van der Waals surface area contributed by atoms with Gasteiger partial charge in [0.2, 0.25) is 0 Å². The molecule has 1 aromatic heterocycles. The Morgan fingerprint density at radius 3 is 2.48 bits per heavy atom. The van der Waals surface area contributed by atoms with E-state index in [4.69, 9.17) is 11.6 Å². The molecule has 0 aliphatic carbocycles. The van der Waals surface area contributed by atoms with E-state index in [0.717, 1.165) is 23.4 Å². The largest absolute Gasteiger partial charge is 0.272 e. The maximum absolute atomic E-state index is 12.5. The van der Waals surface area contributed by atoms with Gasteiger partial charge in [-0.1, -0.05) is 37.6 Å². The number of rotatable bonds is 4. The fourth-order valence-electron chi connectivity index (χ4n) is 2.67. The van der Waals surface area contributed by atoms with Crippen molar-refractivity contribution >= 4 is 17.5 Å². The molecule has 0 bridgehead atoms. The quantitative estimate of drug-likeness (QED) is 0.830. The number of hydrogen-bond acceptors (Lipinski definition) is 2. The third kappa shape index (κ3) is 3.35. The zero-order chi connectivity index (χ0) is 15.6. The van der Waals surface area contributed by atoms with Crippen LogP contribution >= 0.6 is 11.6 Å². The van der Waals surface area contributed by atoms with Crippen LogP contribution < -0.4 is 0 Å². The Bertz CT molecular complexity index is 644. The second kappa shape index (κ2) is 6.44. The molecule has 2 rings (SSSR count). The van der Waals surface area contributed by atoms with E-state index in [2.05, 4.69) is 18.9 Å². The molecule has 3 nitrogen and oxygen atoms in total. The van der Waals surface area contributed by atoms with Crippen molar-refractivity contribution in [2.45, 2.75) is 46.5 Å². The summed E-state index contributed by atoms with van der Waals surface area (Å²) in [6.45, 7) is 8.27. The van der Waals surface area contributed by atoms with Crippen molar-refractivity contribution in [2.24, 2.45) is 0 Å². The maximum atomic E-state index is 12.5. The molecule has 0 radical (unpaired) electrons. The Morgan fingerprint density at radius 1 is 1.29 bits per heavy atom. The average Bonchev–Trinajstić information content (AvgIpc) is 2.76. The predicted molar refractivity (Wildman–Crippen MR) is 86.2 cm³/mol. The van der Waals surface area contributed by atoms with Crippen LogP contribution in [-0.4, -0.2) is 15.7 Å². The molecule has 0 aliphatic rings. The van der Waals surface area contributed by atoms with Gasteiger partial charge in [0.1, 0.15) is 0 Å². The van der Waals surface area contributed by atoms with Crippen LogP contribution in [0.2, 0.25) is 5.02 Å². The smallest absolute Gasteiger partial charge is 0.251 e. The standard InChI is InChI=1S/C17H21ClN2O/c1-5-11(2)17-12(3)19-20(13(17)4)16(21)10-14-6-8-15(18)9-7-14/h6-9,11H,5,10H2,1-4H3. The fourth-order valence-corrected chi connectivity index (χ4v) is 2.79. The number of aryl methyl sites for hydroxylation is 1. The summed E-state index contributed by atoms with van der Waals surface area (Å²) in [6.07, 6.45) is 1.37. The van der Waals surface area contributed by atoms with Crippen LogP contribution in [0.3, 0.4) is 0 Å². The normalized spacial score (nSPS) is 12.4. The molecule has 1 unspecified atom stereocenters. The van der Waals surface area contributed by atoms with Crippen molar-refractivity contribution in [3.63, 3.8) is 0 Å². The molecule has 1 aromatic carbocycles. The van der Waals surface area contributed by atoms with Crippen LogP contribution in [0.4, 0.5) is 0 Å². The summed E-state index contributed by atoms with van der Waals surface area (Å²) >= 11 is 5.86. The van der Waals surface area contributed by atoms with Gasteiger partial charge in [-0.2, -0.15) is 5.10 Å². The summed E-state index contributed by atoms with van der Waals surface area (Å²) in [4.78, 5) is 12.5. The summed E-state index contributed by atoms with van der Waals surface area (Å²) in [5.74, 6) is 0.412. The van der Waals surface area contributed by atoms with Gasteiger partial charge in [-0.3, -0.25) is 4.79 Å². The van der Waals surface area contributed by atoms with Crippen molar-refractivity contribution < 1.29 is 4.79 Å². The van der Waals surface area contributed by atoms with E-state index in [1.165, 1.54) is 5.56 Å². The van der Waals surface area contributed by atoms with Crippen molar-refractivity contribution in [3.05, 3.63) is 51.8 Å². The van der Waals surface area contributed by atoms with Gasteiger partial charge in [0.05, 0.1) is 12.1 Å².